The molecule has 0 bridgehead atoms. The molecule has 0 saturated carbocycles. The molecule has 254 valence electrons. The highest BCUT2D eigenvalue weighted by Crippen LogP contribution is 2.59. The van der Waals surface area contributed by atoms with Crippen molar-refractivity contribution in [3.05, 3.63) is 186 Å². The molecule has 3 nitrogen and oxygen atoms in total. The summed E-state index contributed by atoms with van der Waals surface area (Å²) < 4.78 is 9.41. The third kappa shape index (κ3) is 4.47. The SMILES string of the molecule is CC1C=C(c2ccccc2)C=C(n2c3c(c4ccccc42)CC2(C)C(=C3)N(c3cccc(-c4ccccc4)c3)c3c2ccc2c3oc3ccccc32)C1. The Labute approximate surface area is 309 Å². The van der Waals surface area contributed by atoms with Crippen LogP contribution in [0.2, 0.25) is 0 Å². The first-order valence-corrected chi connectivity index (χ1v) is 18.8. The van der Waals surface area contributed by atoms with Gasteiger partial charge in [-0.15, -0.1) is 0 Å². The second-order valence-corrected chi connectivity index (χ2v) is 15.2. The monoisotopic (exact) mass is 682 g/mol. The summed E-state index contributed by atoms with van der Waals surface area (Å²) in [5.41, 5.74) is 16.7. The standard InChI is InChI=1S/C50H38N2O/c1-32-26-36(34-16-7-4-8-17-34)29-38(27-32)51-44-22-11-9-20-39(44)42-31-50(2)43-25-24-41-40-21-10-12-23-46(40)53-49(41)48(43)52(47(50)30-45(42)51)37-19-13-18-35(28-37)33-14-5-3-6-15-33/h3-26,28-30,32H,27,31H2,1-2H3. The molecule has 0 amide bonds. The van der Waals surface area contributed by atoms with E-state index in [0.717, 1.165) is 46.2 Å². The molecule has 53 heavy (non-hydrogen) atoms. The van der Waals surface area contributed by atoms with Crippen LogP contribution in [0.15, 0.2) is 168 Å². The maximum absolute atomic E-state index is 6.84. The van der Waals surface area contributed by atoms with Crippen LogP contribution in [-0.2, 0) is 11.8 Å². The number of fused-ring (bicyclic) bond motifs is 10. The van der Waals surface area contributed by atoms with E-state index < -0.39 is 0 Å². The summed E-state index contributed by atoms with van der Waals surface area (Å²) in [5.74, 6) is 0.415. The van der Waals surface area contributed by atoms with Gasteiger partial charge in [0.1, 0.15) is 5.58 Å². The largest absolute Gasteiger partial charge is 0.454 e. The summed E-state index contributed by atoms with van der Waals surface area (Å²) in [6.45, 7) is 4.79. The second kappa shape index (κ2) is 11.3. The van der Waals surface area contributed by atoms with Gasteiger partial charge < -0.3 is 13.9 Å². The van der Waals surface area contributed by atoms with Crippen LogP contribution in [0.1, 0.15) is 42.7 Å². The van der Waals surface area contributed by atoms with E-state index in [0.29, 0.717) is 5.92 Å². The van der Waals surface area contributed by atoms with E-state index in [1.807, 2.05) is 0 Å². The van der Waals surface area contributed by atoms with Crippen molar-refractivity contribution >= 4 is 61.6 Å². The van der Waals surface area contributed by atoms with Crippen LogP contribution in [0.5, 0.6) is 0 Å². The highest BCUT2D eigenvalue weighted by Gasteiger charge is 2.49. The minimum atomic E-state index is -0.281. The minimum Gasteiger partial charge on any atom is -0.454 e. The molecule has 11 rings (SSSR count). The average molecular weight is 683 g/mol. The summed E-state index contributed by atoms with van der Waals surface area (Å²) in [5, 5.41) is 3.64. The van der Waals surface area contributed by atoms with Gasteiger partial charge in [-0.25, -0.2) is 0 Å². The number of nitrogens with zero attached hydrogens (tertiary/aromatic N) is 2. The lowest BCUT2D eigenvalue weighted by atomic mass is 9.73. The van der Waals surface area contributed by atoms with Crippen molar-refractivity contribution in [2.24, 2.45) is 5.92 Å². The van der Waals surface area contributed by atoms with Crippen molar-refractivity contribution < 1.29 is 4.42 Å². The van der Waals surface area contributed by atoms with Gasteiger partial charge in [0, 0.05) is 38.7 Å². The zero-order chi connectivity index (χ0) is 35.3. The lowest BCUT2D eigenvalue weighted by Gasteiger charge is -2.34. The number of allylic oxidation sites excluding steroid dienone is 5. The molecule has 3 aliphatic rings. The molecule has 0 fully saturated rings. The zero-order valence-corrected chi connectivity index (χ0v) is 29.9. The van der Waals surface area contributed by atoms with E-state index in [1.54, 1.807) is 0 Å². The lowest BCUT2D eigenvalue weighted by Crippen LogP contribution is -2.31. The van der Waals surface area contributed by atoms with Gasteiger partial charge in [0.25, 0.3) is 0 Å². The predicted octanol–water partition coefficient (Wildman–Crippen LogP) is 13.2. The molecule has 0 saturated heterocycles. The number of rotatable bonds is 4. The van der Waals surface area contributed by atoms with Crippen molar-refractivity contribution in [3.63, 3.8) is 0 Å². The van der Waals surface area contributed by atoms with E-state index >= 15 is 0 Å². The summed E-state index contributed by atoms with van der Waals surface area (Å²) >= 11 is 0. The van der Waals surface area contributed by atoms with E-state index in [2.05, 4.69) is 187 Å². The summed E-state index contributed by atoms with van der Waals surface area (Å²) in [6, 6.07) is 52.7. The van der Waals surface area contributed by atoms with Gasteiger partial charge >= 0.3 is 0 Å². The molecule has 2 aromatic heterocycles. The van der Waals surface area contributed by atoms with Crippen LogP contribution in [0.3, 0.4) is 0 Å². The molecular formula is C50H38N2O. The lowest BCUT2D eigenvalue weighted by molar-refractivity contribution is 0.567. The Morgan fingerprint density at radius 2 is 1.38 bits per heavy atom. The number of benzene rings is 6. The molecular weight excluding hydrogens is 645 g/mol. The first-order valence-electron chi connectivity index (χ1n) is 18.8. The van der Waals surface area contributed by atoms with Crippen molar-refractivity contribution in [3.8, 4) is 11.1 Å². The van der Waals surface area contributed by atoms with Crippen molar-refractivity contribution in [2.45, 2.75) is 32.1 Å². The number of hydrogen-bond acceptors (Lipinski definition) is 2. The molecule has 3 heterocycles. The van der Waals surface area contributed by atoms with Crippen molar-refractivity contribution in [1.29, 1.82) is 0 Å². The molecule has 0 radical (unpaired) electrons. The van der Waals surface area contributed by atoms with Gasteiger partial charge in [-0.05, 0) is 95.5 Å². The highest BCUT2D eigenvalue weighted by molar-refractivity contribution is 6.12. The molecule has 2 unspecified atom stereocenters. The van der Waals surface area contributed by atoms with Gasteiger partial charge in [-0.1, -0.05) is 134 Å². The Balaban J connectivity index is 1.18. The first kappa shape index (κ1) is 30.3. The van der Waals surface area contributed by atoms with E-state index in [1.165, 1.54) is 61.4 Å². The summed E-state index contributed by atoms with van der Waals surface area (Å²) in [6.07, 6.45) is 9.23. The first-order chi connectivity index (χ1) is 26.0. The maximum Gasteiger partial charge on any atom is 0.159 e. The van der Waals surface area contributed by atoms with Gasteiger partial charge in [0.2, 0.25) is 0 Å². The third-order valence-corrected chi connectivity index (χ3v) is 11.9. The smallest absolute Gasteiger partial charge is 0.159 e. The number of furan rings is 1. The molecule has 0 N–H and O–H groups in total. The van der Waals surface area contributed by atoms with Crippen LogP contribution >= 0.6 is 0 Å². The fourth-order valence-electron chi connectivity index (χ4n) is 9.48. The van der Waals surface area contributed by atoms with Crippen LogP contribution in [0.4, 0.5) is 11.4 Å². The van der Waals surface area contributed by atoms with Crippen LogP contribution in [-0.4, -0.2) is 4.57 Å². The molecule has 1 aliphatic heterocycles. The van der Waals surface area contributed by atoms with E-state index in [-0.39, 0.29) is 5.41 Å². The number of anilines is 2. The Hall–Kier alpha value is -6.32. The summed E-state index contributed by atoms with van der Waals surface area (Å²) in [4.78, 5) is 2.52. The summed E-state index contributed by atoms with van der Waals surface area (Å²) in [7, 11) is 0. The maximum atomic E-state index is 6.84. The van der Waals surface area contributed by atoms with Crippen molar-refractivity contribution in [1.82, 2.24) is 4.57 Å². The van der Waals surface area contributed by atoms with Crippen LogP contribution in [0.25, 0.3) is 61.3 Å². The van der Waals surface area contributed by atoms with Gasteiger partial charge in [-0.3, -0.25) is 0 Å². The quantitative estimate of drug-likeness (QED) is 0.184. The highest BCUT2D eigenvalue weighted by atomic mass is 16.3. The fraction of sp³-hybridized carbons (Fsp3) is 0.120. The van der Waals surface area contributed by atoms with Crippen LogP contribution < -0.4 is 4.90 Å². The Kier molecular flexibility index (Phi) is 6.49. The van der Waals surface area contributed by atoms with Gasteiger partial charge in [0.05, 0.1) is 16.9 Å². The topological polar surface area (TPSA) is 21.3 Å². The normalized spacial score (nSPS) is 19.2. The minimum absolute atomic E-state index is 0.281. The number of para-hydroxylation sites is 2. The third-order valence-electron chi connectivity index (χ3n) is 11.9. The van der Waals surface area contributed by atoms with E-state index in [4.69, 9.17) is 4.42 Å². The second-order valence-electron chi connectivity index (χ2n) is 15.2. The van der Waals surface area contributed by atoms with Gasteiger partial charge in [-0.2, -0.15) is 0 Å². The number of hydrogen-bond donors (Lipinski definition) is 0. The molecule has 2 aliphatic carbocycles. The predicted molar refractivity (Wildman–Crippen MR) is 221 cm³/mol. The molecule has 2 atom stereocenters. The van der Waals surface area contributed by atoms with Crippen molar-refractivity contribution in [2.75, 3.05) is 4.90 Å². The fourth-order valence-corrected chi connectivity index (χ4v) is 9.48. The Morgan fingerprint density at radius 1 is 0.660 bits per heavy atom. The zero-order valence-electron chi connectivity index (χ0n) is 29.9. The molecule has 6 aromatic carbocycles. The Bertz CT molecular complexity index is 2870. The molecule has 3 heteroatoms. The van der Waals surface area contributed by atoms with Gasteiger partial charge in [0.15, 0.2) is 5.58 Å². The van der Waals surface area contributed by atoms with Crippen LogP contribution in [0, 0.1) is 5.92 Å². The number of aromatic nitrogens is 1. The van der Waals surface area contributed by atoms with E-state index in [9.17, 15) is 0 Å². The molecule has 0 spiro atoms. The molecule has 8 aromatic rings. The Morgan fingerprint density at radius 3 is 2.21 bits per heavy atom. The average Bonchev–Trinajstić information content (AvgIpc) is 3.82.